The van der Waals surface area contributed by atoms with E-state index in [1.165, 1.54) is 0 Å². The number of nitrogen functional groups attached to an aromatic ring is 1. The van der Waals surface area contributed by atoms with Gasteiger partial charge in [-0.1, -0.05) is 23.2 Å². The van der Waals surface area contributed by atoms with Gasteiger partial charge >= 0.3 is 0 Å². The Balaban J connectivity index is 2.79. The van der Waals surface area contributed by atoms with E-state index >= 15 is 0 Å². The Labute approximate surface area is 110 Å². The summed E-state index contributed by atoms with van der Waals surface area (Å²) in [5.41, 5.74) is 6.70. The second-order valence-electron chi connectivity index (χ2n) is 3.61. The fraction of sp³-hybridized carbons (Fsp3) is 0.300. The van der Waals surface area contributed by atoms with Gasteiger partial charge in [0, 0.05) is 11.7 Å². The highest BCUT2D eigenvalue weighted by atomic mass is 35.5. The van der Waals surface area contributed by atoms with Gasteiger partial charge in [0.2, 0.25) is 0 Å². The third kappa shape index (κ3) is 3.70. The number of halogens is 2. The molecule has 0 atom stereocenters. The molecule has 0 aliphatic carbocycles. The third-order valence-electron chi connectivity index (χ3n) is 1.76. The SMILES string of the molecule is CC(C)NC(=S)Nc1cc(Cl)c(N)c(Cl)c1. The number of nitrogens with two attached hydrogens (primary N) is 1. The van der Waals surface area contributed by atoms with Crippen molar-refractivity contribution in [2.45, 2.75) is 19.9 Å². The molecule has 4 N–H and O–H groups in total. The lowest BCUT2D eigenvalue weighted by atomic mass is 10.3. The molecule has 0 spiro atoms. The highest BCUT2D eigenvalue weighted by Crippen LogP contribution is 2.30. The van der Waals surface area contributed by atoms with Crippen LogP contribution in [0.1, 0.15) is 13.8 Å². The van der Waals surface area contributed by atoms with E-state index in [1.54, 1.807) is 12.1 Å². The lowest BCUT2D eigenvalue weighted by molar-refractivity contribution is 0.739. The van der Waals surface area contributed by atoms with Crippen molar-refractivity contribution in [1.82, 2.24) is 5.32 Å². The smallest absolute Gasteiger partial charge is 0.170 e. The average Bonchev–Trinajstić information content (AvgIpc) is 2.12. The molecule has 0 aromatic heterocycles. The summed E-state index contributed by atoms with van der Waals surface area (Å²) >= 11 is 16.9. The van der Waals surface area contributed by atoms with Gasteiger partial charge in [0.1, 0.15) is 0 Å². The minimum atomic E-state index is 0.264. The predicted octanol–water partition coefficient (Wildman–Crippen LogP) is 3.27. The van der Waals surface area contributed by atoms with Gasteiger partial charge in [-0.05, 0) is 38.2 Å². The summed E-state index contributed by atoms with van der Waals surface area (Å²) in [7, 11) is 0. The van der Waals surface area contributed by atoms with E-state index < -0.39 is 0 Å². The zero-order valence-electron chi connectivity index (χ0n) is 8.97. The highest BCUT2D eigenvalue weighted by Gasteiger charge is 2.06. The second kappa shape index (κ2) is 5.57. The molecule has 0 heterocycles. The summed E-state index contributed by atoms with van der Waals surface area (Å²) in [6.45, 7) is 3.99. The van der Waals surface area contributed by atoms with Crippen molar-refractivity contribution in [3.63, 3.8) is 0 Å². The van der Waals surface area contributed by atoms with Gasteiger partial charge in [-0.15, -0.1) is 0 Å². The first kappa shape index (κ1) is 13.4. The van der Waals surface area contributed by atoms with Crippen LogP contribution in [0, 0.1) is 0 Å². The topological polar surface area (TPSA) is 50.1 Å². The van der Waals surface area contributed by atoms with Crippen molar-refractivity contribution in [2.24, 2.45) is 0 Å². The van der Waals surface area contributed by atoms with Gasteiger partial charge in [-0.3, -0.25) is 0 Å². The summed E-state index contributed by atoms with van der Waals surface area (Å²) < 4.78 is 0. The van der Waals surface area contributed by atoms with Crippen LogP contribution in [0.5, 0.6) is 0 Å². The van der Waals surface area contributed by atoms with Gasteiger partial charge in [-0.2, -0.15) is 0 Å². The van der Waals surface area contributed by atoms with E-state index in [9.17, 15) is 0 Å². The maximum Gasteiger partial charge on any atom is 0.170 e. The molecule has 16 heavy (non-hydrogen) atoms. The van der Waals surface area contributed by atoms with Crippen LogP contribution in [-0.2, 0) is 0 Å². The molecular formula is C10H13Cl2N3S. The number of hydrogen-bond acceptors (Lipinski definition) is 2. The van der Waals surface area contributed by atoms with E-state index in [-0.39, 0.29) is 6.04 Å². The Hall–Kier alpha value is -0.710. The largest absolute Gasteiger partial charge is 0.396 e. The van der Waals surface area contributed by atoms with Crippen LogP contribution >= 0.6 is 35.4 Å². The van der Waals surface area contributed by atoms with E-state index in [2.05, 4.69) is 10.6 Å². The van der Waals surface area contributed by atoms with Crippen molar-refractivity contribution in [3.8, 4) is 0 Å². The van der Waals surface area contributed by atoms with Crippen molar-refractivity contribution in [1.29, 1.82) is 0 Å². The normalized spacial score (nSPS) is 10.3. The van der Waals surface area contributed by atoms with Crippen molar-refractivity contribution in [2.75, 3.05) is 11.1 Å². The number of nitrogens with one attached hydrogen (secondary N) is 2. The average molecular weight is 278 g/mol. The molecule has 0 unspecified atom stereocenters. The first-order valence-electron chi connectivity index (χ1n) is 4.72. The van der Waals surface area contributed by atoms with E-state index in [4.69, 9.17) is 41.2 Å². The zero-order valence-corrected chi connectivity index (χ0v) is 11.3. The first-order chi connectivity index (χ1) is 7.40. The van der Waals surface area contributed by atoms with Crippen molar-refractivity contribution < 1.29 is 0 Å². The minimum absolute atomic E-state index is 0.264. The predicted molar refractivity (Wildman–Crippen MR) is 75.4 cm³/mol. The molecule has 0 aliphatic rings. The number of rotatable bonds is 2. The molecule has 0 saturated carbocycles. The summed E-state index contributed by atoms with van der Waals surface area (Å²) in [6.07, 6.45) is 0. The molecule has 6 heteroatoms. The van der Waals surface area contributed by atoms with Gasteiger partial charge in [0.25, 0.3) is 0 Å². The van der Waals surface area contributed by atoms with E-state index in [0.29, 0.717) is 26.5 Å². The Morgan fingerprint density at radius 1 is 1.31 bits per heavy atom. The third-order valence-corrected chi connectivity index (χ3v) is 2.60. The molecule has 3 nitrogen and oxygen atoms in total. The summed E-state index contributed by atoms with van der Waals surface area (Å²) in [5, 5.41) is 7.36. The van der Waals surface area contributed by atoms with Gasteiger partial charge in [0.05, 0.1) is 15.7 Å². The molecule has 88 valence electrons. The van der Waals surface area contributed by atoms with Crippen molar-refractivity contribution in [3.05, 3.63) is 22.2 Å². The lowest BCUT2D eigenvalue weighted by Gasteiger charge is -2.14. The lowest BCUT2D eigenvalue weighted by Crippen LogP contribution is -2.33. The zero-order chi connectivity index (χ0) is 12.3. The summed E-state index contributed by atoms with van der Waals surface area (Å²) in [5.74, 6) is 0. The molecule has 0 saturated heterocycles. The molecule has 1 aromatic carbocycles. The van der Waals surface area contributed by atoms with Crippen LogP contribution in [0.25, 0.3) is 0 Å². The maximum absolute atomic E-state index is 5.90. The fourth-order valence-corrected chi connectivity index (χ4v) is 1.93. The molecule has 0 bridgehead atoms. The Morgan fingerprint density at radius 2 is 1.81 bits per heavy atom. The molecule has 0 amide bonds. The fourth-order valence-electron chi connectivity index (χ4n) is 1.09. The quantitative estimate of drug-likeness (QED) is 0.574. The standard InChI is InChI=1S/C10H13Cl2N3S/c1-5(2)14-10(16)15-6-3-7(11)9(13)8(12)4-6/h3-5H,13H2,1-2H3,(H2,14,15,16). The second-order valence-corrected chi connectivity index (χ2v) is 4.83. The van der Waals surface area contributed by atoms with Crippen LogP contribution in [-0.4, -0.2) is 11.2 Å². The first-order valence-corrected chi connectivity index (χ1v) is 5.88. The number of anilines is 2. The maximum atomic E-state index is 5.90. The Morgan fingerprint density at radius 3 is 2.25 bits per heavy atom. The van der Waals surface area contributed by atoms with Gasteiger partial charge in [0.15, 0.2) is 5.11 Å². The Kier molecular flexibility index (Phi) is 4.65. The number of hydrogen-bond donors (Lipinski definition) is 3. The van der Waals surface area contributed by atoms with Crippen LogP contribution in [0.3, 0.4) is 0 Å². The van der Waals surface area contributed by atoms with Crippen LogP contribution in [0.4, 0.5) is 11.4 Å². The van der Waals surface area contributed by atoms with Crippen LogP contribution in [0.15, 0.2) is 12.1 Å². The van der Waals surface area contributed by atoms with E-state index in [0.717, 1.165) is 0 Å². The molecule has 1 rings (SSSR count). The molecule has 0 fully saturated rings. The minimum Gasteiger partial charge on any atom is -0.396 e. The molecule has 0 radical (unpaired) electrons. The molecular weight excluding hydrogens is 265 g/mol. The summed E-state index contributed by atoms with van der Waals surface area (Å²) in [6, 6.07) is 3.62. The number of thiocarbonyl (C=S) groups is 1. The highest BCUT2D eigenvalue weighted by molar-refractivity contribution is 7.80. The monoisotopic (exact) mass is 277 g/mol. The number of benzene rings is 1. The van der Waals surface area contributed by atoms with Crippen LogP contribution < -0.4 is 16.4 Å². The Bertz CT molecular complexity index is 384. The molecule has 0 aliphatic heterocycles. The summed E-state index contributed by atoms with van der Waals surface area (Å²) in [4.78, 5) is 0. The van der Waals surface area contributed by atoms with Gasteiger partial charge in [-0.25, -0.2) is 0 Å². The van der Waals surface area contributed by atoms with Gasteiger partial charge < -0.3 is 16.4 Å². The van der Waals surface area contributed by atoms with Crippen molar-refractivity contribution >= 4 is 51.9 Å². The van der Waals surface area contributed by atoms with E-state index in [1.807, 2.05) is 13.8 Å². The molecule has 1 aromatic rings. The van der Waals surface area contributed by atoms with Crippen LogP contribution in [0.2, 0.25) is 10.0 Å².